The highest BCUT2D eigenvalue weighted by molar-refractivity contribution is 5.98. The Morgan fingerprint density at radius 3 is 2.32 bits per heavy atom. The van der Waals surface area contributed by atoms with Crippen LogP contribution >= 0.6 is 0 Å². The predicted octanol–water partition coefficient (Wildman–Crippen LogP) is 3.26. The summed E-state index contributed by atoms with van der Waals surface area (Å²) < 4.78 is 1.56. The van der Waals surface area contributed by atoms with E-state index in [1.165, 1.54) is 5.56 Å². The fourth-order valence-electron chi connectivity index (χ4n) is 3.07. The van der Waals surface area contributed by atoms with E-state index in [-0.39, 0.29) is 12.2 Å². The lowest BCUT2D eigenvalue weighted by atomic mass is 9.92. The number of aliphatic hydroxyl groups is 1. The lowest BCUT2D eigenvalue weighted by Crippen LogP contribution is -2.22. The molecule has 0 saturated heterocycles. The lowest BCUT2D eigenvalue weighted by molar-refractivity contribution is 0.272. The average molecular weight is 293 g/mol. The summed E-state index contributed by atoms with van der Waals surface area (Å²) in [7, 11) is 1.72. The second kappa shape index (κ2) is 5.78. The van der Waals surface area contributed by atoms with E-state index in [0.29, 0.717) is 11.1 Å². The van der Waals surface area contributed by atoms with E-state index in [2.05, 4.69) is 19.1 Å². The van der Waals surface area contributed by atoms with Gasteiger partial charge in [-0.1, -0.05) is 49.4 Å². The van der Waals surface area contributed by atoms with Crippen molar-refractivity contribution >= 4 is 10.8 Å². The van der Waals surface area contributed by atoms with Gasteiger partial charge in [-0.2, -0.15) is 0 Å². The van der Waals surface area contributed by atoms with Gasteiger partial charge in [0.05, 0.1) is 12.3 Å². The molecule has 0 spiro atoms. The van der Waals surface area contributed by atoms with Crippen molar-refractivity contribution in [2.75, 3.05) is 0 Å². The molecule has 0 bridgehead atoms. The summed E-state index contributed by atoms with van der Waals surface area (Å²) in [5.41, 5.74) is 3.83. The Balaban J connectivity index is 2.52. The topological polar surface area (TPSA) is 42.2 Å². The third-order valence-electron chi connectivity index (χ3n) is 4.24. The molecule has 0 amide bonds. The molecular formula is C19H19NO2. The van der Waals surface area contributed by atoms with Crippen molar-refractivity contribution in [3.8, 4) is 11.1 Å². The molecule has 0 unspecified atom stereocenters. The summed E-state index contributed by atoms with van der Waals surface area (Å²) in [5, 5.41) is 11.4. The van der Waals surface area contributed by atoms with Gasteiger partial charge >= 0.3 is 0 Å². The van der Waals surface area contributed by atoms with Gasteiger partial charge in [0.25, 0.3) is 5.56 Å². The van der Waals surface area contributed by atoms with Crippen molar-refractivity contribution in [3.63, 3.8) is 0 Å². The molecule has 3 nitrogen and oxygen atoms in total. The van der Waals surface area contributed by atoms with Gasteiger partial charge in [-0.25, -0.2) is 0 Å². The molecule has 3 aromatic rings. The van der Waals surface area contributed by atoms with Crippen molar-refractivity contribution in [2.24, 2.45) is 7.05 Å². The van der Waals surface area contributed by atoms with Crippen LogP contribution in [-0.4, -0.2) is 9.67 Å². The highest BCUT2D eigenvalue weighted by Gasteiger charge is 2.17. The third kappa shape index (κ3) is 2.14. The number of aryl methyl sites for hydroxylation is 1. The Hall–Kier alpha value is -2.39. The first-order chi connectivity index (χ1) is 10.7. The van der Waals surface area contributed by atoms with Gasteiger partial charge in [0.15, 0.2) is 0 Å². The minimum atomic E-state index is -0.163. The fraction of sp³-hybridized carbons (Fsp3) is 0.211. The van der Waals surface area contributed by atoms with Crippen molar-refractivity contribution in [1.29, 1.82) is 0 Å². The molecule has 3 rings (SSSR count). The second-order valence-electron chi connectivity index (χ2n) is 5.40. The van der Waals surface area contributed by atoms with Gasteiger partial charge in [0, 0.05) is 18.0 Å². The van der Waals surface area contributed by atoms with Gasteiger partial charge in [-0.05, 0) is 29.0 Å². The lowest BCUT2D eigenvalue weighted by Gasteiger charge is -2.18. The Morgan fingerprint density at radius 2 is 1.64 bits per heavy atom. The SMILES string of the molecule is CCc1ccccc1-c1c(CO)n(C)c(=O)c2ccccc12. The van der Waals surface area contributed by atoms with E-state index in [1.807, 2.05) is 36.4 Å². The maximum absolute atomic E-state index is 12.5. The summed E-state index contributed by atoms with van der Waals surface area (Å²) in [4.78, 5) is 12.5. The number of pyridine rings is 1. The van der Waals surface area contributed by atoms with E-state index >= 15 is 0 Å². The zero-order chi connectivity index (χ0) is 15.7. The zero-order valence-electron chi connectivity index (χ0n) is 12.8. The van der Waals surface area contributed by atoms with E-state index in [9.17, 15) is 9.90 Å². The molecule has 22 heavy (non-hydrogen) atoms. The molecule has 0 aliphatic carbocycles. The predicted molar refractivity (Wildman–Crippen MR) is 89.9 cm³/mol. The fourth-order valence-corrected chi connectivity index (χ4v) is 3.07. The van der Waals surface area contributed by atoms with E-state index in [4.69, 9.17) is 0 Å². The molecule has 0 aliphatic rings. The first kappa shape index (κ1) is 14.5. The van der Waals surface area contributed by atoms with Gasteiger partial charge < -0.3 is 9.67 Å². The highest BCUT2D eigenvalue weighted by atomic mass is 16.3. The maximum atomic E-state index is 12.5. The van der Waals surface area contributed by atoms with Gasteiger partial charge in [0.2, 0.25) is 0 Å². The quantitative estimate of drug-likeness (QED) is 0.805. The van der Waals surface area contributed by atoms with E-state index in [1.54, 1.807) is 11.6 Å². The van der Waals surface area contributed by atoms with Crippen LogP contribution in [0.1, 0.15) is 18.2 Å². The van der Waals surface area contributed by atoms with Crippen LogP contribution in [-0.2, 0) is 20.1 Å². The molecule has 112 valence electrons. The van der Waals surface area contributed by atoms with Crippen LogP contribution in [0.25, 0.3) is 21.9 Å². The van der Waals surface area contributed by atoms with Gasteiger partial charge in [-0.3, -0.25) is 4.79 Å². The first-order valence-electron chi connectivity index (χ1n) is 7.48. The normalized spacial score (nSPS) is 11.0. The number of benzene rings is 2. The standard InChI is InChI=1S/C19H19NO2/c1-3-13-8-4-5-9-14(13)18-15-10-6-7-11-16(15)19(22)20(2)17(18)12-21/h4-11,21H,3,12H2,1-2H3. The minimum absolute atomic E-state index is 0.0719. The molecule has 2 aromatic carbocycles. The van der Waals surface area contributed by atoms with Crippen LogP contribution in [0, 0.1) is 0 Å². The number of nitrogens with zero attached hydrogens (tertiary/aromatic N) is 1. The Kier molecular flexibility index (Phi) is 3.82. The molecule has 0 radical (unpaired) electrons. The summed E-state index contributed by atoms with van der Waals surface area (Å²) in [5.74, 6) is 0. The largest absolute Gasteiger partial charge is 0.390 e. The number of aromatic nitrogens is 1. The van der Waals surface area contributed by atoms with Crippen LogP contribution in [0.5, 0.6) is 0 Å². The summed E-state index contributed by atoms with van der Waals surface area (Å²) in [6, 6.07) is 15.8. The van der Waals surface area contributed by atoms with E-state index in [0.717, 1.165) is 22.9 Å². The zero-order valence-corrected chi connectivity index (χ0v) is 12.8. The minimum Gasteiger partial charge on any atom is -0.390 e. The van der Waals surface area contributed by atoms with Crippen molar-refractivity contribution in [2.45, 2.75) is 20.0 Å². The summed E-state index contributed by atoms with van der Waals surface area (Å²) in [6.45, 7) is 1.95. The monoisotopic (exact) mass is 293 g/mol. The number of rotatable bonds is 3. The van der Waals surface area contributed by atoms with Crippen LogP contribution in [0.2, 0.25) is 0 Å². The molecular weight excluding hydrogens is 274 g/mol. The molecule has 0 aliphatic heterocycles. The van der Waals surface area contributed by atoms with Gasteiger partial charge in [-0.15, -0.1) is 0 Å². The van der Waals surface area contributed by atoms with Crippen LogP contribution in [0.3, 0.4) is 0 Å². The van der Waals surface area contributed by atoms with Crippen LogP contribution in [0.4, 0.5) is 0 Å². The average Bonchev–Trinajstić information content (AvgIpc) is 2.58. The molecule has 1 N–H and O–H groups in total. The molecule has 0 fully saturated rings. The molecule has 1 heterocycles. The molecule has 1 aromatic heterocycles. The van der Waals surface area contributed by atoms with E-state index < -0.39 is 0 Å². The molecule has 0 saturated carbocycles. The summed E-state index contributed by atoms with van der Waals surface area (Å²) >= 11 is 0. The third-order valence-corrected chi connectivity index (χ3v) is 4.24. The second-order valence-corrected chi connectivity index (χ2v) is 5.40. The van der Waals surface area contributed by atoms with Crippen LogP contribution < -0.4 is 5.56 Å². The molecule has 3 heteroatoms. The Bertz CT molecular complexity index is 894. The smallest absolute Gasteiger partial charge is 0.258 e. The Morgan fingerprint density at radius 1 is 1.00 bits per heavy atom. The highest BCUT2D eigenvalue weighted by Crippen LogP contribution is 2.33. The maximum Gasteiger partial charge on any atom is 0.258 e. The number of fused-ring (bicyclic) bond motifs is 1. The van der Waals surface area contributed by atoms with Crippen LogP contribution in [0.15, 0.2) is 53.3 Å². The van der Waals surface area contributed by atoms with Gasteiger partial charge in [0.1, 0.15) is 0 Å². The van der Waals surface area contributed by atoms with Crippen molar-refractivity contribution < 1.29 is 5.11 Å². The molecule has 0 atom stereocenters. The Labute approximate surface area is 129 Å². The first-order valence-corrected chi connectivity index (χ1v) is 7.48. The number of hydrogen-bond acceptors (Lipinski definition) is 2. The number of aliphatic hydroxyl groups excluding tert-OH is 1. The summed E-state index contributed by atoms with van der Waals surface area (Å²) in [6.07, 6.45) is 0.901. The van der Waals surface area contributed by atoms with Crippen molar-refractivity contribution in [1.82, 2.24) is 4.57 Å². The number of hydrogen-bond donors (Lipinski definition) is 1. The van der Waals surface area contributed by atoms with Crippen molar-refractivity contribution in [3.05, 3.63) is 70.1 Å².